The molecule has 0 spiro atoms. The summed E-state index contributed by atoms with van der Waals surface area (Å²) >= 11 is 1.55. The molecule has 3 heterocycles. The fourth-order valence-electron chi connectivity index (χ4n) is 2.53. The summed E-state index contributed by atoms with van der Waals surface area (Å²) < 4.78 is 37.6. The van der Waals surface area contributed by atoms with Crippen LogP contribution in [0.3, 0.4) is 0 Å². The van der Waals surface area contributed by atoms with Crippen LogP contribution < -0.4 is 0 Å². The fraction of sp³-hybridized carbons (Fsp3) is 0.375. The van der Waals surface area contributed by atoms with E-state index in [2.05, 4.69) is 10.1 Å². The van der Waals surface area contributed by atoms with E-state index in [1.54, 1.807) is 30.4 Å². The number of nitrogens with zero attached hydrogens (tertiary/aromatic N) is 3. The standard InChI is InChI=1S/C16H19N3O4S2/c1-9-8-14(23-18-9)13-6-7-15(22-13)25(20,21)19(5)10(2)16-11(3)24-12(4)17-16/h6-8,10H,1-5H3. The highest BCUT2D eigenvalue weighted by Gasteiger charge is 2.31. The number of sulfonamides is 1. The van der Waals surface area contributed by atoms with Crippen molar-refractivity contribution >= 4 is 21.4 Å². The number of thiazole rings is 1. The lowest BCUT2D eigenvalue weighted by Crippen LogP contribution is -2.30. The van der Waals surface area contributed by atoms with Crippen molar-refractivity contribution in [2.24, 2.45) is 0 Å². The Hall–Kier alpha value is -1.97. The monoisotopic (exact) mass is 381 g/mol. The average molecular weight is 381 g/mol. The van der Waals surface area contributed by atoms with Crippen LogP contribution in [0.4, 0.5) is 0 Å². The van der Waals surface area contributed by atoms with E-state index in [9.17, 15) is 8.42 Å². The molecule has 3 rings (SSSR count). The van der Waals surface area contributed by atoms with Crippen molar-refractivity contribution in [1.82, 2.24) is 14.4 Å². The molecule has 9 heteroatoms. The predicted molar refractivity (Wildman–Crippen MR) is 93.9 cm³/mol. The molecule has 134 valence electrons. The second kappa shape index (κ2) is 6.40. The van der Waals surface area contributed by atoms with Gasteiger partial charge in [-0.05, 0) is 39.8 Å². The van der Waals surface area contributed by atoms with Gasteiger partial charge in [0, 0.05) is 18.0 Å². The van der Waals surface area contributed by atoms with Crippen molar-refractivity contribution in [3.63, 3.8) is 0 Å². The van der Waals surface area contributed by atoms with Crippen molar-refractivity contribution < 1.29 is 17.4 Å². The van der Waals surface area contributed by atoms with Gasteiger partial charge in [-0.1, -0.05) is 5.16 Å². The topological polar surface area (TPSA) is 89.4 Å². The van der Waals surface area contributed by atoms with E-state index in [4.69, 9.17) is 8.94 Å². The molecule has 3 aromatic heterocycles. The molecule has 0 aliphatic carbocycles. The maximum Gasteiger partial charge on any atom is 0.276 e. The normalized spacial score (nSPS) is 13.5. The molecule has 0 saturated carbocycles. The number of hydrogen-bond donors (Lipinski definition) is 0. The van der Waals surface area contributed by atoms with Gasteiger partial charge in [-0.25, -0.2) is 13.4 Å². The first-order valence-electron chi connectivity index (χ1n) is 7.65. The Morgan fingerprint density at radius 3 is 2.48 bits per heavy atom. The third-order valence-corrected chi connectivity index (χ3v) is 6.67. The largest absolute Gasteiger partial charge is 0.440 e. The predicted octanol–water partition coefficient (Wildman–Crippen LogP) is 3.70. The minimum Gasteiger partial charge on any atom is -0.440 e. The van der Waals surface area contributed by atoms with Crippen LogP contribution in [0.25, 0.3) is 11.5 Å². The Bertz CT molecular complexity index is 1000. The van der Waals surface area contributed by atoms with Gasteiger partial charge in [-0.3, -0.25) is 0 Å². The molecule has 1 atom stereocenters. The van der Waals surface area contributed by atoms with E-state index >= 15 is 0 Å². The summed E-state index contributed by atoms with van der Waals surface area (Å²) in [5.74, 6) is 0.710. The molecule has 25 heavy (non-hydrogen) atoms. The number of furan rings is 1. The maximum absolute atomic E-state index is 12.9. The van der Waals surface area contributed by atoms with Gasteiger partial charge in [0.2, 0.25) is 10.9 Å². The Kier molecular flexibility index (Phi) is 4.56. The molecule has 7 nitrogen and oxygen atoms in total. The van der Waals surface area contributed by atoms with Crippen LogP contribution in [0, 0.1) is 20.8 Å². The summed E-state index contributed by atoms with van der Waals surface area (Å²) in [5, 5.41) is 4.54. The van der Waals surface area contributed by atoms with Crippen molar-refractivity contribution in [2.45, 2.75) is 38.8 Å². The molecule has 0 fully saturated rings. The molecular weight excluding hydrogens is 362 g/mol. The first kappa shape index (κ1) is 17.8. The average Bonchev–Trinajstić information content (AvgIpc) is 3.25. The van der Waals surface area contributed by atoms with Crippen LogP contribution in [0.15, 0.2) is 32.2 Å². The summed E-state index contributed by atoms with van der Waals surface area (Å²) in [5.41, 5.74) is 1.45. The molecule has 0 aromatic carbocycles. The first-order valence-corrected chi connectivity index (χ1v) is 9.91. The summed E-state index contributed by atoms with van der Waals surface area (Å²) in [7, 11) is -2.28. The maximum atomic E-state index is 12.9. The summed E-state index contributed by atoms with van der Waals surface area (Å²) in [6.07, 6.45) is 0. The molecule has 0 N–H and O–H groups in total. The lowest BCUT2D eigenvalue weighted by molar-refractivity contribution is 0.361. The third-order valence-electron chi connectivity index (χ3n) is 3.97. The van der Waals surface area contributed by atoms with Gasteiger partial charge in [-0.15, -0.1) is 11.3 Å². The molecule has 1 unspecified atom stereocenters. The molecule has 0 bridgehead atoms. The van der Waals surface area contributed by atoms with Crippen LogP contribution >= 0.6 is 11.3 Å². The van der Waals surface area contributed by atoms with E-state index in [1.165, 1.54) is 17.4 Å². The van der Waals surface area contributed by atoms with Crippen molar-refractivity contribution in [3.05, 3.63) is 39.5 Å². The van der Waals surface area contributed by atoms with Gasteiger partial charge in [0.15, 0.2) is 5.76 Å². The van der Waals surface area contributed by atoms with Crippen molar-refractivity contribution in [3.8, 4) is 11.5 Å². The third kappa shape index (κ3) is 3.26. The number of hydrogen-bond acceptors (Lipinski definition) is 7. The van der Waals surface area contributed by atoms with Gasteiger partial charge < -0.3 is 8.94 Å². The van der Waals surface area contributed by atoms with E-state index in [-0.39, 0.29) is 5.09 Å². The molecule has 0 saturated heterocycles. The van der Waals surface area contributed by atoms with Gasteiger partial charge >= 0.3 is 0 Å². The lowest BCUT2D eigenvalue weighted by atomic mass is 10.2. The zero-order valence-corrected chi connectivity index (χ0v) is 16.2. The zero-order chi connectivity index (χ0) is 18.4. The quantitative estimate of drug-likeness (QED) is 0.669. The Balaban J connectivity index is 1.90. The molecule has 0 aliphatic heterocycles. The highest BCUT2D eigenvalue weighted by atomic mass is 32.2. The zero-order valence-electron chi connectivity index (χ0n) is 14.6. The highest BCUT2D eigenvalue weighted by molar-refractivity contribution is 7.89. The Morgan fingerprint density at radius 1 is 1.20 bits per heavy atom. The van der Waals surface area contributed by atoms with Gasteiger partial charge in [-0.2, -0.15) is 4.31 Å². The smallest absolute Gasteiger partial charge is 0.276 e. The van der Waals surface area contributed by atoms with Crippen molar-refractivity contribution in [1.29, 1.82) is 0 Å². The van der Waals surface area contributed by atoms with Crippen LogP contribution in [0.1, 0.15) is 34.2 Å². The highest BCUT2D eigenvalue weighted by Crippen LogP contribution is 2.32. The first-order chi connectivity index (χ1) is 11.7. The van der Waals surface area contributed by atoms with E-state index in [0.717, 1.165) is 15.6 Å². The summed E-state index contributed by atoms with van der Waals surface area (Å²) in [6, 6.07) is 4.26. The molecule has 0 radical (unpaired) electrons. The minimum atomic E-state index is -3.81. The molecular formula is C16H19N3O4S2. The molecule has 0 amide bonds. The van der Waals surface area contributed by atoms with Crippen LogP contribution in [-0.4, -0.2) is 29.9 Å². The fourth-order valence-corrected chi connectivity index (χ4v) is 4.67. The van der Waals surface area contributed by atoms with Gasteiger partial charge in [0.25, 0.3) is 10.0 Å². The Labute approximate surface area is 150 Å². The van der Waals surface area contributed by atoms with E-state index in [1.807, 2.05) is 20.8 Å². The number of aryl methyl sites for hydroxylation is 3. The van der Waals surface area contributed by atoms with E-state index in [0.29, 0.717) is 17.2 Å². The Morgan fingerprint density at radius 2 is 1.92 bits per heavy atom. The van der Waals surface area contributed by atoms with Crippen LogP contribution in [0.2, 0.25) is 0 Å². The number of rotatable bonds is 5. The molecule has 0 aliphatic rings. The second-order valence-corrected chi connectivity index (χ2v) is 9.16. The second-order valence-electron chi connectivity index (χ2n) is 5.82. The van der Waals surface area contributed by atoms with Crippen LogP contribution in [-0.2, 0) is 10.0 Å². The molecule has 3 aromatic rings. The minimum absolute atomic E-state index is 0.143. The van der Waals surface area contributed by atoms with Gasteiger partial charge in [0.1, 0.15) is 0 Å². The van der Waals surface area contributed by atoms with Gasteiger partial charge in [0.05, 0.1) is 22.4 Å². The SMILES string of the molecule is Cc1cc(-c2ccc(S(=O)(=O)N(C)C(C)c3nc(C)sc3C)o2)on1. The lowest BCUT2D eigenvalue weighted by Gasteiger charge is -2.22. The van der Waals surface area contributed by atoms with E-state index < -0.39 is 16.1 Å². The number of aromatic nitrogens is 2. The van der Waals surface area contributed by atoms with Crippen molar-refractivity contribution in [2.75, 3.05) is 7.05 Å². The van der Waals surface area contributed by atoms with Crippen LogP contribution in [0.5, 0.6) is 0 Å². The summed E-state index contributed by atoms with van der Waals surface area (Å²) in [4.78, 5) is 5.46. The summed E-state index contributed by atoms with van der Waals surface area (Å²) in [6.45, 7) is 7.43.